The number of hydrogen-bond acceptors (Lipinski definition) is 4. The van der Waals surface area contributed by atoms with Crippen LogP contribution in [0.1, 0.15) is 6.92 Å². The minimum atomic E-state index is 0.789. The summed E-state index contributed by atoms with van der Waals surface area (Å²) in [6, 6.07) is 10.0. The monoisotopic (exact) mass is 340 g/mol. The van der Waals surface area contributed by atoms with Crippen molar-refractivity contribution in [2.24, 2.45) is 0 Å². The number of rotatable bonds is 4. The van der Waals surface area contributed by atoms with Crippen LogP contribution in [0.2, 0.25) is 0 Å². The van der Waals surface area contributed by atoms with Crippen LogP contribution >= 0.6 is 22.6 Å². The van der Waals surface area contributed by atoms with Crippen molar-refractivity contribution in [1.82, 2.24) is 9.97 Å². The molecule has 0 fully saturated rings. The molecule has 2 rings (SSSR count). The maximum atomic E-state index is 4.18. The molecule has 0 bridgehead atoms. The van der Waals surface area contributed by atoms with Crippen molar-refractivity contribution in [2.45, 2.75) is 6.92 Å². The summed E-state index contributed by atoms with van der Waals surface area (Å²) >= 11 is 2.28. The first-order chi connectivity index (χ1) is 8.28. The minimum Gasteiger partial charge on any atom is -0.370 e. The third-order valence-corrected chi connectivity index (χ3v) is 2.86. The lowest BCUT2D eigenvalue weighted by Crippen LogP contribution is -2.01. The van der Waals surface area contributed by atoms with Gasteiger partial charge in [0.05, 0.1) is 0 Å². The lowest BCUT2D eigenvalue weighted by atomic mass is 10.3. The van der Waals surface area contributed by atoms with E-state index in [-0.39, 0.29) is 0 Å². The fourth-order valence-electron chi connectivity index (χ4n) is 1.38. The first-order valence-electron chi connectivity index (χ1n) is 5.36. The topological polar surface area (TPSA) is 49.8 Å². The second-order valence-electron chi connectivity index (χ2n) is 3.45. The van der Waals surface area contributed by atoms with Crippen LogP contribution in [0.5, 0.6) is 0 Å². The third kappa shape index (κ3) is 3.55. The van der Waals surface area contributed by atoms with E-state index in [2.05, 4.69) is 55.3 Å². The Bertz CT molecular complexity index is 484. The second kappa shape index (κ2) is 5.81. The van der Waals surface area contributed by atoms with E-state index in [1.807, 2.05) is 25.1 Å². The zero-order valence-corrected chi connectivity index (χ0v) is 11.6. The van der Waals surface area contributed by atoms with Gasteiger partial charge in [-0.25, -0.2) is 9.97 Å². The van der Waals surface area contributed by atoms with Crippen molar-refractivity contribution < 1.29 is 0 Å². The fraction of sp³-hybridized carbons (Fsp3) is 0.167. The van der Waals surface area contributed by atoms with Crippen LogP contribution in [0, 0.1) is 3.57 Å². The molecule has 0 aliphatic carbocycles. The molecule has 0 amide bonds. The number of nitrogens with zero attached hydrogens (tertiary/aromatic N) is 2. The molecule has 2 aromatic rings. The van der Waals surface area contributed by atoms with Gasteiger partial charge in [0.15, 0.2) is 0 Å². The molecule has 1 aromatic heterocycles. The molecule has 17 heavy (non-hydrogen) atoms. The summed E-state index contributed by atoms with van der Waals surface area (Å²) in [5, 5.41) is 6.39. The maximum Gasteiger partial charge on any atom is 0.135 e. The van der Waals surface area contributed by atoms with E-state index in [0.29, 0.717) is 0 Å². The molecule has 0 saturated carbocycles. The lowest BCUT2D eigenvalue weighted by molar-refractivity contribution is 1.11. The van der Waals surface area contributed by atoms with Gasteiger partial charge in [-0.2, -0.15) is 0 Å². The Labute approximate surface area is 114 Å². The molecule has 0 aliphatic heterocycles. The predicted octanol–water partition coefficient (Wildman–Crippen LogP) is 3.26. The normalized spacial score (nSPS) is 10.0. The Kier molecular flexibility index (Phi) is 4.13. The van der Waals surface area contributed by atoms with Crippen LogP contribution in [0.25, 0.3) is 0 Å². The van der Waals surface area contributed by atoms with E-state index in [4.69, 9.17) is 0 Å². The van der Waals surface area contributed by atoms with E-state index in [9.17, 15) is 0 Å². The Morgan fingerprint density at radius 1 is 1.12 bits per heavy atom. The number of halogens is 1. The SMILES string of the molecule is CCNc1cc(Nc2ccc(I)cc2)ncn1. The van der Waals surface area contributed by atoms with Crippen LogP contribution in [0.3, 0.4) is 0 Å². The van der Waals surface area contributed by atoms with Crippen LogP contribution in [-0.4, -0.2) is 16.5 Å². The molecule has 88 valence electrons. The molecular weight excluding hydrogens is 327 g/mol. The number of benzene rings is 1. The van der Waals surface area contributed by atoms with E-state index >= 15 is 0 Å². The van der Waals surface area contributed by atoms with Crippen molar-refractivity contribution in [2.75, 3.05) is 17.2 Å². The molecule has 2 N–H and O–H groups in total. The van der Waals surface area contributed by atoms with Gasteiger partial charge in [-0.3, -0.25) is 0 Å². The highest BCUT2D eigenvalue weighted by atomic mass is 127. The van der Waals surface area contributed by atoms with Gasteiger partial charge >= 0.3 is 0 Å². The standard InChI is InChI=1S/C12H13IN4/c1-2-14-11-7-12(16-8-15-11)17-10-5-3-9(13)4-6-10/h3-8H,2H2,1H3,(H2,14,15,16,17). The average molecular weight is 340 g/mol. The van der Waals surface area contributed by atoms with Gasteiger partial charge in [-0.15, -0.1) is 0 Å². The zero-order valence-electron chi connectivity index (χ0n) is 9.44. The molecule has 0 unspecified atom stereocenters. The van der Waals surface area contributed by atoms with Crippen LogP contribution in [-0.2, 0) is 0 Å². The minimum absolute atomic E-state index is 0.789. The Morgan fingerprint density at radius 3 is 2.53 bits per heavy atom. The van der Waals surface area contributed by atoms with Crippen LogP contribution in [0.4, 0.5) is 17.3 Å². The van der Waals surface area contributed by atoms with Crippen LogP contribution in [0.15, 0.2) is 36.7 Å². The number of aromatic nitrogens is 2. The van der Waals surface area contributed by atoms with E-state index < -0.39 is 0 Å². The van der Waals surface area contributed by atoms with Crippen LogP contribution < -0.4 is 10.6 Å². The fourth-order valence-corrected chi connectivity index (χ4v) is 1.74. The van der Waals surface area contributed by atoms with Crippen molar-refractivity contribution in [1.29, 1.82) is 0 Å². The molecule has 0 aliphatic rings. The molecular formula is C12H13IN4. The highest BCUT2D eigenvalue weighted by Gasteiger charge is 1.98. The van der Waals surface area contributed by atoms with Crippen molar-refractivity contribution in [3.05, 3.63) is 40.2 Å². The van der Waals surface area contributed by atoms with Gasteiger partial charge < -0.3 is 10.6 Å². The number of anilines is 3. The molecule has 5 heteroatoms. The van der Waals surface area contributed by atoms with Gasteiger partial charge in [-0.1, -0.05) is 0 Å². The van der Waals surface area contributed by atoms with E-state index in [1.165, 1.54) is 3.57 Å². The first kappa shape index (κ1) is 12.1. The molecule has 0 saturated heterocycles. The maximum absolute atomic E-state index is 4.18. The first-order valence-corrected chi connectivity index (χ1v) is 6.44. The summed E-state index contributed by atoms with van der Waals surface area (Å²) in [6.07, 6.45) is 1.55. The lowest BCUT2D eigenvalue weighted by Gasteiger charge is -2.07. The Morgan fingerprint density at radius 2 is 1.82 bits per heavy atom. The Hall–Kier alpha value is -1.37. The summed E-state index contributed by atoms with van der Waals surface area (Å²) in [4.78, 5) is 8.30. The second-order valence-corrected chi connectivity index (χ2v) is 4.70. The molecule has 0 radical (unpaired) electrons. The van der Waals surface area contributed by atoms with Crippen molar-refractivity contribution in [3.8, 4) is 0 Å². The summed E-state index contributed by atoms with van der Waals surface area (Å²) in [5.74, 6) is 1.62. The summed E-state index contributed by atoms with van der Waals surface area (Å²) < 4.78 is 1.21. The number of nitrogens with one attached hydrogen (secondary N) is 2. The highest BCUT2D eigenvalue weighted by Crippen LogP contribution is 2.17. The van der Waals surface area contributed by atoms with Gasteiger partial charge in [0.2, 0.25) is 0 Å². The summed E-state index contributed by atoms with van der Waals surface area (Å²) in [6.45, 7) is 2.88. The third-order valence-electron chi connectivity index (χ3n) is 2.14. The molecule has 4 nitrogen and oxygen atoms in total. The number of hydrogen-bond donors (Lipinski definition) is 2. The smallest absolute Gasteiger partial charge is 0.135 e. The van der Waals surface area contributed by atoms with Crippen molar-refractivity contribution >= 4 is 39.9 Å². The van der Waals surface area contributed by atoms with Gasteiger partial charge in [0.25, 0.3) is 0 Å². The highest BCUT2D eigenvalue weighted by molar-refractivity contribution is 14.1. The Balaban J connectivity index is 2.12. The van der Waals surface area contributed by atoms with Gasteiger partial charge in [0, 0.05) is 21.9 Å². The quantitative estimate of drug-likeness (QED) is 0.839. The zero-order chi connectivity index (χ0) is 12.1. The molecule has 1 aromatic carbocycles. The van der Waals surface area contributed by atoms with Crippen molar-refractivity contribution in [3.63, 3.8) is 0 Å². The average Bonchev–Trinajstić information content (AvgIpc) is 2.33. The predicted molar refractivity (Wildman–Crippen MR) is 78.6 cm³/mol. The van der Waals surface area contributed by atoms with Gasteiger partial charge in [0.1, 0.15) is 18.0 Å². The van der Waals surface area contributed by atoms with Gasteiger partial charge in [-0.05, 0) is 53.8 Å². The summed E-state index contributed by atoms with van der Waals surface area (Å²) in [5.41, 5.74) is 1.02. The largest absolute Gasteiger partial charge is 0.370 e. The molecule has 0 atom stereocenters. The van der Waals surface area contributed by atoms with E-state index in [1.54, 1.807) is 6.33 Å². The summed E-state index contributed by atoms with van der Waals surface area (Å²) in [7, 11) is 0. The molecule has 1 heterocycles. The molecule has 0 spiro atoms. The van der Waals surface area contributed by atoms with E-state index in [0.717, 1.165) is 23.9 Å².